The third-order valence-electron chi connectivity index (χ3n) is 2.43. The molecule has 0 radical (unpaired) electrons. The molecule has 1 heterocycles. The van der Waals surface area contributed by atoms with Gasteiger partial charge in [-0.25, -0.2) is 4.98 Å². The van der Waals surface area contributed by atoms with E-state index in [1.165, 1.54) is 25.3 Å². The molecule has 0 aliphatic carbocycles. The first-order chi connectivity index (χ1) is 9.88. The minimum atomic E-state index is -4.44. The van der Waals surface area contributed by atoms with Crippen molar-refractivity contribution in [1.82, 2.24) is 9.97 Å². The van der Waals surface area contributed by atoms with Crippen molar-refractivity contribution >= 4 is 5.82 Å². The highest BCUT2D eigenvalue weighted by atomic mass is 19.4. The molecule has 0 bridgehead atoms. The quantitative estimate of drug-likeness (QED) is 0.939. The summed E-state index contributed by atoms with van der Waals surface area (Å²) in [5.41, 5.74) is 4.77. The van der Waals surface area contributed by atoms with Crippen LogP contribution in [0.3, 0.4) is 0 Å². The average Bonchev–Trinajstić information content (AvgIpc) is 2.37. The number of aromatic nitrogens is 2. The van der Waals surface area contributed by atoms with E-state index < -0.39 is 11.7 Å². The zero-order valence-electron chi connectivity index (χ0n) is 11.0. The molecular formula is C13H12F3N3O2. The molecule has 21 heavy (non-hydrogen) atoms. The first-order valence-corrected chi connectivity index (χ1v) is 5.86. The molecule has 112 valence electrons. The van der Waals surface area contributed by atoms with Gasteiger partial charge in [0.15, 0.2) is 5.82 Å². The van der Waals surface area contributed by atoms with Gasteiger partial charge in [-0.15, -0.1) is 0 Å². The van der Waals surface area contributed by atoms with Crippen LogP contribution >= 0.6 is 0 Å². The first-order valence-electron chi connectivity index (χ1n) is 5.86. The Bertz CT molecular complexity index is 632. The summed E-state index contributed by atoms with van der Waals surface area (Å²) in [5, 5.41) is 0. The molecule has 0 aliphatic heterocycles. The second kappa shape index (κ2) is 5.96. The van der Waals surface area contributed by atoms with Crippen LogP contribution in [0.25, 0.3) is 0 Å². The molecule has 0 atom stereocenters. The van der Waals surface area contributed by atoms with Crippen LogP contribution in [0.2, 0.25) is 0 Å². The monoisotopic (exact) mass is 299 g/mol. The molecule has 0 spiro atoms. The topological polar surface area (TPSA) is 70.3 Å². The summed E-state index contributed by atoms with van der Waals surface area (Å²) < 4.78 is 48.0. The standard InChI is InChI=1S/C13H12F3N3O2/c1-20-7-11-18-10(17)6-12(19-11)21-9-4-2-3-8(5-9)13(14,15)16/h2-6H,7H2,1H3,(H2,17,18,19). The number of benzene rings is 1. The van der Waals surface area contributed by atoms with Gasteiger partial charge in [-0.05, 0) is 18.2 Å². The lowest BCUT2D eigenvalue weighted by Crippen LogP contribution is -2.05. The number of hydrogen-bond acceptors (Lipinski definition) is 5. The van der Waals surface area contributed by atoms with E-state index in [0.29, 0.717) is 0 Å². The smallest absolute Gasteiger partial charge is 0.416 e. The summed E-state index contributed by atoms with van der Waals surface area (Å²) in [6.45, 7) is 0.115. The Kier molecular flexibility index (Phi) is 4.27. The molecule has 0 saturated heterocycles. The first kappa shape index (κ1) is 15.0. The van der Waals surface area contributed by atoms with Gasteiger partial charge < -0.3 is 15.2 Å². The largest absolute Gasteiger partial charge is 0.439 e. The van der Waals surface area contributed by atoms with E-state index in [-0.39, 0.29) is 29.9 Å². The highest BCUT2D eigenvalue weighted by molar-refractivity contribution is 5.37. The van der Waals surface area contributed by atoms with Gasteiger partial charge in [0.25, 0.3) is 0 Å². The molecule has 0 fully saturated rings. The number of ether oxygens (including phenoxy) is 2. The van der Waals surface area contributed by atoms with Gasteiger partial charge in [0.2, 0.25) is 5.88 Å². The Labute approximate surface area is 118 Å². The van der Waals surface area contributed by atoms with E-state index >= 15 is 0 Å². The zero-order valence-corrected chi connectivity index (χ0v) is 11.0. The van der Waals surface area contributed by atoms with Gasteiger partial charge in [0.05, 0.1) is 5.56 Å². The van der Waals surface area contributed by atoms with E-state index in [2.05, 4.69) is 9.97 Å². The van der Waals surface area contributed by atoms with E-state index in [1.54, 1.807) is 0 Å². The van der Waals surface area contributed by atoms with Crippen molar-refractivity contribution in [2.75, 3.05) is 12.8 Å². The molecule has 0 unspecified atom stereocenters. The Morgan fingerprint density at radius 1 is 1.19 bits per heavy atom. The van der Waals surface area contributed by atoms with Crippen LogP contribution in [0.15, 0.2) is 30.3 Å². The van der Waals surface area contributed by atoms with Gasteiger partial charge in [0.1, 0.15) is 18.2 Å². The number of rotatable bonds is 4. The van der Waals surface area contributed by atoms with Crippen molar-refractivity contribution in [3.8, 4) is 11.6 Å². The predicted molar refractivity (Wildman–Crippen MR) is 68.7 cm³/mol. The highest BCUT2D eigenvalue weighted by Crippen LogP contribution is 2.32. The van der Waals surface area contributed by atoms with Gasteiger partial charge >= 0.3 is 6.18 Å². The molecular weight excluding hydrogens is 287 g/mol. The summed E-state index contributed by atoms with van der Waals surface area (Å²) in [4.78, 5) is 7.89. The maximum Gasteiger partial charge on any atom is 0.416 e. The molecule has 1 aromatic heterocycles. The molecule has 0 amide bonds. The van der Waals surface area contributed by atoms with E-state index in [0.717, 1.165) is 12.1 Å². The van der Waals surface area contributed by atoms with E-state index in [4.69, 9.17) is 15.2 Å². The molecule has 2 aromatic rings. The van der Waals surface area contributed by atoms with Crippen molar-refractivity contribution in [2.45, 2.75) is 12.8 Å². The van der Waals surface area contributed by atoms with Crippen LogP contribution < -0.4 is 10.5 Å². The number of nitrogens with two attached hydrogens (primary N) is 1. The molecule has 8 heteroatoms. The fourth-order valence-corrected chi connectivity index (χ4v) is 1.59. The third kappa shape index (κ3) is 4.06. The van der Waals surface area contributed by atoms with Crippen molar-refractivity contribution in [3.63, 3.8) is 0 Å². The number of methoxy groups -OCH3 is 1. The number of alkyl halides is 3. The summed E-state index contributed by atoms with van der Waals surface area (Å²) in [6, 6.07) is 5.80. The van der Waals surface area contributed by atoms with Crippen LogP contribution in [-0.2, 0) is 17.5 Å². The fourth-order valence-electron chi connectivity index (χ4n) is 1.59. The third-order valence-corrected chi connectivity index (χ3v) is 2.43. The van der Waals surface area contributed by atoms with Crippen LogP contribution in [-0.4, -0.2) is 17.1 Å². The maximum atomic E-state index is 12.6. The summed E-state index contributed by atoms with van der Waals surface area (Å²) in [5.74, 6) is 0.471. The Hall–Kier alpha value is -2.35. The minimum Gasteiger partial charge on any atom is -0.439 e. The number of nitrogens with zero attached hydrogens (tertiary/aromatic N) is 2. The molecule has 2 rings (SSSR count). The highest BCUT2D eigenvalue weighted by Gasteiger charge is 2.30. The van der Waals surface area contributed by atoms with Crippen molar-refractivity contribution in [2.24, 2.45) is 0 Å². The Balaban J connectivity index is 2.26. The van der Waals surface area contributed by atoms with Crippen LogP contribution in [0.1, 0.15) is 11.4 Å². The normalized spacial score (nSPS) is 11.4. The van der Waals surface area contributed by atoms with Crippen molar-refractivity contribution < 1.29 is 22.6 Å². The SMILES string of the molecule is COCc1nc(N)cc(Oc2cccc(C(F)(F)F)c2)n1. The molecule has 0 saturated carbocycles. The Morgan fingerprint density at radius 3 is 2.62 bits per heavy atom. The number of anilines is 1. The number of hydrogen-bond donors (Lipinski definition) is 1. The van der Waals surface area contributed by atoms with Gasteiger partial charge in [-0.3, -0.25) is 0 Å². The van der Waals surface area contributed by atoms with Crippen LogP contribution in [0.5, 0.6) is 11.6 Å². The average molecular weight is 299 g/mol. The summed E-state index contributed by atoms with van der Waals surface area (Å²) in [6.07, 6.45) is -4.44. The Morgan fingerprint density at radius 2 is 1.95 bits per heavy atom. The number of halogens is 3. The van der Waals surface area contributed by atoms with E-state index in [1.807, 2.05) is 0 Å². The molecule has 2 N–H and O–H groups in total. The number of nitrogen functional groups attached to an aromatic ring is 1. The summed E-state index contributed by atoms with van der Waals surface area (Å²) >= 11 is 0. The molecule has 5 nitrogen and oxygen atoms in total. The van der Waals surface area contributed by atoms with Crippen molar-refractivity contribution in [1.29, 1.82) is 0 Å². The fraction of sp³-hybridized carbons (Fsp3) is 0.231. The molecule has 1 aromatic carbocycles. The van der Waals surface area contributed by atoms with Gasteiger partial charge in [-0.2, -0.15) is 18.2 Å². The lowest BCUT2D eigenvalue weighted by atomic mass is 10.2. The van der Waals surface area contributed by atoms with Gasteiger partial charge in [-0.1, -0.05) is 6.07 Å². The second-order valence-electron chi connectivity index (χ2n) is 4.11. The van der Waals surface area contributed by atoms with Crippen LogP contribution in [0, 0.1) is 0 Å². The second-order valence-corrected chi connectivity index (χ2v) is 4.11. The zero-order chi connectivity index (χ0) is 15.5. The van der Waals surface area contributed by atoms with Crippen molar-refractivity contribution in [3.05, 3.63) is 41.7 Å². The minimum absolute atomic E-state index is 0.00583. The maximum absolute atomic E-state index is 12.6. The van der Waals surface area contributed by atoms with Gasteiger partial charge in [0, 0.05) is 13.2 Å². The van der Waals surface area contributed by atoms with Crippen LogP contribution in [0.4, 0.5) is 19.0 Å². The lowest BCUT2D eigenvalue weighted by Gasteiger charge is -2.10. The predicted octanol–water partition coefficient (Wildman–Crippen LogP) is 3.02. The summed E-state index contributed by atoms with van der Waals surface area (Å²) in [7, 11) is 1.46. The lowest BCUT2D eigenvalue weighted by molar-refractivity contribution is -0.137. The molecule has 0 aliphatic rings. The van der Waals surface area contributed by atoms with E-state index in [9.17, 15) is 13.2 Å².